The van der Waals surface area contributed by atoms with Crippen LogP contribution in [0.25, 0.3) is 17.2 Å². The number of esters is 1. The number of carbonyl (C=O) groups is 2. The van der Waals surface area contributed by atoms with Gasteiger partial charge in [0, 0.05) is 34.6 Å². The van der Waals surface area contributed by atoms with Crippen LogP contribution in [0.4, 0.5) is 0 Å². The summed E-state index contributed by atoms with van der Waals surface area (Å²) in [5.74, 6) is 0.0414. The lowest BCUT2D eigenvalue weighted by Crippen LogP contribution is -2.40. The van der Waals surface area contributed by atoms with Gasteiger partial charge in [-0.15, -0.1) is 11.3 Å². The predicted molar refractivity (Wildman–Crippen MR) is 122 cm³/mol. The van der Waals surface area contributed by atoms with Crippen molar-refractivity contribution in [1.29, 1.82) is 0 Å². The van der Waals surface area contributed by atoms with E-state index in [-0.39, 0.29) is 17.8 Å². The molecule has 1 fully saturated rings. The van der Waals surface area contributed by atoms with E-state index < -0.39 is 0 Å². The third kappa shape index (κ3) is 4.29. The lowest BCUT2D eigenvalue weighted by atomic mass is 9.96. The molecule has 0 spiro atoms. The quantitative estimate of drug-likeness (QED) is 0.547. The van der Waals surface area contributed by atoms with Crippen molar-refractivity contribution in [2.75, 3.05) is 19.7 Å². The number of nitrogens with zero attached hydrogens (tertiary/aromatic N) is 5. The number of ether oxygens (including phenoxy) is 1. The second-order valence-electron chi connectivity index (χ2n) is 7.94. The van der Waals surface area contributed by atoms with E-state index in [1.807, 2.05) is 13.0 Å². The van der Waals surface area contributed by atoms with Gasteiger partial charge in [-0.3, -0.25) is 9.59 Å². The maximum atomic E-state index is 13.1. The van der Waals surface area contributed by atoms with E-state index in [2.05, 4.69) is 30.0 Å². The molecule has 9 heteroatoms. The zero-order valence-electron chi connectivity index (χ0n) is 18.8. The van der Waals surface area contributed by atoms with E-state index >= 15 is 0 Å². The van der Waals surface area contributed by atoms with E-state index in [4.69, 9.17) is 9.72 Å². The summed E-state index contributed by atoms with van der Waals surface area (Å²) in [5, 5.41) is 4.40. The van der Waals surface area contributed by atoms with E-state index in [1.54, 1.807) is 40.2 Å². The standard InChI is InChI=1S/C23H27N5O3S/c1-5-31-22(30)17-7-10-27(11-8-17)21(29)19-13-25-28(15(19)3)23-24-9-6-20(26-23)18-12-14(2)32-16(18)4/h6,9,12-13,17H,5,7-8,10-11H2,1-4H3. The molecule has 0 atom stereocenters. The van der Waals surface area contributed by atoms with Crippen molar-refractivity contribution in [1.82, 2.24) is 24.6 Å². The van der Waals surface area contributed by atoms with Crippen molar-refractivity contribution in [2.24, 2.45) is 5.92 Å². The summed E-state index contributed by atoms with van der Waals surface area (Å²) in [4.78, 5) is 38.4. The number of thiophene rings is 1. The molecule has 8 nitrogen and oxygen atoms in total. The van der Waals surface area contributed by atoms with Crippen molar-refractivity contribution in [3.63, 3.8) is 0 Å². The summed E-state index contributed by atoms with van der Waals surface area (Å²) in [6.07, 6.45) is 4.52. The fourth-order valence-electron chi connectivity index (χ4n) is 4.06. The summed E-state index contributed by atoms with van der Waals surface area (Å²) in [7, 11) is 0. The Kier molecular flexibility index (Phi) is 6.36. The van der Waals surface area contributed by atoms with Crippen molar-refractivity contribution in [3.8, 4) is 17.2 Å². The zero-order chi connectivity index (χ0) is 22.8. The molecule has 0 saturated carbocycles. The molecule has 0 N–H and O–H groups in total. The van der Waals surface area contributed by atoms with Crippen LogP contribution in [-0.2, 0) is 9.53 Å². The van der Waals surface area contributed by atoms with Crippen molar-refractivity contribution in [3.05, 3.63) is 45.5 Å². The van der Waals surface area contributed by atoms with E-state index in [9.17, 15) is 9.59 Å². The minimum Gasteiger partial charge on any atom is -0.466 e. The number of hydrogen-bond donors (Lipinski definition) is 0. The summed E-state index contributed by atoms with van der Waals surface area (Å²) in [5.41, 5.74) is 3.14. The molecule has 3 aromatic rings. The molecule has 168 valence electrons. The Labute approximate surface area is 191 Å². The number of amides is 1. The van der Waals surface area contributed by atoms with Crippen LogP contribution in [0.15, 0.2) is 24.5 Å². The first-order chi connectivity index (χ1) is 15.4. The molecule has 1 saturated heterocycles. The number of carbonyl (C=O) groups excluding carboxylic acids is 2. The van der Waals surface area contributed by atoms with Gasteiger partial charge < -0.3 is 9.64 Å². The minimum absolute atomic E-state index is 0.0866. The van der Waals surface area contributed by atoms with Crippen LogP contribution < -0.4 is 0 Å². The lowest BCUT2D eigenvalue weighted by molar-refractivity contribution is -0.149. The molecule has 1 aliphatic heterocycles. The number of aromatic nitrogens is 4. The van der Waals surface area contributed by atoms with Crippen LogP contribution in [-0.4, -0.2) is 56.2 Å². The van der Waals surface area contributed by atoms with Crippen molar-refractivity contribution >= 4 is 23.2 Å². The molecule has 0 aliphatic carbocycles. The van der Waals surface area contributed by atoms with E-state index in [0.29, 0.717) is 49.7 Å². The second-order valence-corrected chi connectivity index (χ2v) is 9.40. The van der Waals surface area contributed by atoms with Gasteiger partial charge in [-0.1, -0.05) is 0 Å². The Balaban J connectivity index is 1.52. The Morgan fingerprint density at radius 2 is 1.97 bits per heavy atom. The van der Waals surface area contributed by atoms with Gasteiger partial charge >= 0.3 is 5.97 Å². The molecule has 3 aromatic heterocycles. The number of likely N-dealkylation sites (tertiary alicyclic amines) is 1. The van der Waals surface area contributed by atoms with Gasteiger partial charge in [0.25, 0.3) is 11.9 Å². The lowest BCUT2D eigenvalue weighted by Gasteiger charge is -2.30. The summed E-state index contributed by atoms with van der Waals surface area (Å²) < 4.78 is 6.72. The van der Waals surface area contributed by atoms with E-state index in [0.717, 1.165) is 11.3 Å². The molecule has 0 radical (unpaired) electrons. The fraction of sp³-hybridized carbons (Fsp3) is 0.435. The first-order valence-electron chi connectivity index (χ1n) is 10.8. The minimum atomic E-state index is -0.170. The van der Waals surface area contributed by atoms with Crippen LogP contribution in [0, 0.1) is 26.7 Å². The topological polar surface area (TPSA) is 90.2 Å². The second kappa shape index (κ2) is 9.20. The first-order valence-corrected chi connectivity index (χ1v) is 11.6. The highest BCUT2D eigenvalue weighted by Gasteiger charge is 2.30. The highest BCUT2D eigenvalue weighted by Crippen LogP contribution is 2.29. The van der Waals surface area contributed by atoms with Crippen molar-refractivity contribution < 1.29 is 14.3 Å². The molecule has 32 heavy (non-hydrogen) atoms. The number of hydrogen-bond acceptors (Lipinski definition) is 7. The highest BCUT2D eigenvalue weighted by molar-refractivity contribution is 7.12. The summed E-state index contributed by atoms with van der Waals surface area (Å²) >= 11 is 1.74. The Morgan fingerprint density at radius 1 is 1.22 bits per heavy atom. The third-order valence-electron chi connectivity index (χ3n) is 5.79. The maximum Gasteiger partial charge on any atom is 0.309 e. The maximum absolute atomic E-state index is 13.1. The smallest absolute Gasteiger partial charge is 0.309 e. The van der Waals surface area contributed by atoms with Crippen LogP contribution in [0.2, 0.25) is 0 Å². The van der Waals surface area contributed by atoms with Crippen LogP contribution >= 0.6 is 11.3 Å². The normalized spacial score (nSPS) is 14.6. The Bertz CT molecular complexity index is 1140. The van der Waals surface area contributed by atoms with Crippen molar-refractivity contribution in [2.45, 2.75) is 40.5 Å². The number of aryl methyl sites for hydroxylation is 2. The number of piperidine rings is 1. The zero-order valence-corrected chi connectivity index (χ0v) is 19.6. The molecule has 4 heterocycles. The highest BCUT2D eigenvalue weighted by atomic mass is 32.1. The fourth-order valence-corrected chi connectivity index (χ4v) is 4.99. The molecular formula is C23H27N5O3S. The van der Waals surface area contributed by atoms with Gasteiger partial charge in [0.05, 0.1) is 35.7 Å². The van der Waals surface area contributed by atoms with Crippen LogP contribution in [0.3, 0.4) is 0 Å². The van der Waals surface area contributed by atoms with Gasteiger partial charge in [-0.2, -0.15) is 5.10 Å². The monoisotopic (exact) mass is 453 g/mol. The first kappa shape index (κ1) is 22.1. The molecule has 0 unspecified atom stereocenters. The molecule has 1 amide bonds. The van der Waals surface area contributed by atoms with Gasteiger partial charge in [-0.25, -0.2) is 14.6 Å². The molecular weight excluding hydrogens is 426 g/mol. The average molecular weight is 454 g/mol. The van der Waals surface area contributed by atoms with Crippen LogP contribution in [0.1, 0.15) is 45.6 Å². The summed E-state index contributed by atoms with van der Waals surface area (Å²) in [6.45, 7) is 9.24. The molecule has 0 aromatic carbocycles. The largest absolute Gasteiger partial charge is 0.466 e. The Hall–Kier alpha value is -3.07. The van der Waals surface area contributed by atoms with Gasteiger partial charge in [0.15, 0.2) is 0 Å². The van der Waals surface area contributed by atoms with Gasteiger partial charge in [0.1, 0.15) is 0 Å². The molecule has 0 bridgehead atoms. The predicted octanol–water partition coefficient (Wildman–Crippen LogP) is 3.73. The average Bonchev–Trinajstić information content (AvgIpc) is 3.34. The SMILES string of the molecule is CCOC(=O)C1CCN(C(=O)c2cnn(-c3nccc(-c4cc(C)sc4C)n3)c2C)CC1. The Morgan fingerprint density at radius 3 is 2.62 bits per heavy atom. The third-order valence-corrected chi connectivity index (χ3v) is 6.76. The molecule has 1 aliphatic rings. The van der Waals surface area contributed by atoms with Crippen LogP contribution in [0.5, 0.6) is 0 Å². The molecule has 4 rings (SSSR count). The van der Waals surface area contributed by atoms with Gasteiger partial charge in [0.2, 0.25) is 0 Å². The van der Waals surface area contributed by atoms with E-state index in [1.165, 1.54) is 9.75 Å². The van der Waals surface area contributed by atoms with Gasteiger partial charge in [-0.05, 0) is 52.7 Å². The number of rotatable bonds is 5. The summed E-state index contributed by atoms with van der Waals surface area (Å²) in [6, 6.07) is 4.01.